The van der Waals surface area contributed by atoms with Crippen molar-refractivity contribution in [1.82, 2.24) is 4.31 Å². The molecular formula is C11H12F3NO5S. The number of carboxylic acids is 1. The van der Waals surface area contributed by atoms with Gasteiger partial charge in [0, 0.05) is 19.7 Å². The van der Waals surface area contributed by atoms with Gasteiger partial charge in [-0.1, -0.05) is 6.07 Å². The minimum Gasteiger partial charge on any atom is -0.481 e. The summed E-state index contributed by atoms with van der Waals surface area (Å²) in [5.41, 5.74) is 0. The Balaban J connectivity index is 2.98. The molecule has 0 heterocycles. The molecule has 0 spiro atoms. The van der Waals surface area contributed by atoms with Gasteiger partial charge in [-0.2, -0.15) is 0 Å². The largest absolute Gasteiger partial charge is 0.573 e. The van der Waals surface area contributed by atoms with E-state index in [4.69, 9.17) is 5.11 Å². The van der Waals surface area contributed by atoms with Crippen molar-refractivity contribution in [2.75, 3.05) is 13.6 Å². The van der Waals surface area contributed by atoms with E-state index in [-0.39, 0.29) is 6.54 Å². The van der Waals surface area contributed by atoms with E-state index < -0.39 is 39.4 Å². The molecule has 0 aliphatic carbocycles. The minimum absolute atomic E-state index is 0.304. The number of alkyl halides is 3. The van der Waals surface area contributed by atoms with Gasteiger partial charge in [0.15, 0.2) is 0 Å². The lowest BCUT2D eigenvalue weighted by atomic mass is 10.3. The predicted molar refractivity (Wildman–Crippen MR) is 65.2 cm³/mol. The summed E-state index contributed by atoms with van der Waals surface area (Å²) in [5.74, 6) is -1.86. The Hall–Kier alpha value is -1.81. The molecular weight excluding hydrogens is 315 g/mol. The molecule has 1 rings (SSSR count). The highest BCUT2D eigenvalue weighted by Gasteiger charge is 2.31. The number of nitrogens with zero attached hydrogens (tertiary/aromatic N) is 1. The Labute approximate surface area is 118 Å². The van der Waals surface area contributed by atoms with Gasteiger partial charge in [0.05, 0.1) is 11.3 Å². The second kappa shape index (κ2) is 6.31. The molecule has 0 atom stereocenters. The van der Waals surface area contributed by atoms with Crippen LogP contribution in [-0.4, -0.2) is 43.8 Å². The van der Waals surface area contributed by atoms with E-state index in [1.165, 1.54) is 0 Å². The molecule has 1 aromatic carbocycles. The average Bonchev–Trinajstić information content (AvgIpc) is 2.34. The SMILES string of the molecule is CN(CCC(=O)O)S(=O)(=O)c1cccc(OC(F)(F)F)c1. The highest BCUT2D eigenvalue weighted by Crippen LogP contribution is 2.25. The van der Waals surface area contributed by atoms with Crippen molar-refractivity contribution in [3.8, 4) is 5.75 Å². The third-order valence-corrected chi connectivity index (χ3v) is 4.24. The number of ether oxygens (including phenoxy) is 1. The van der Waals surface area contributed by atoms with Crippen LogP contribution in [0.25, 0.3) is 0 Å². The van der Waals surface area contributed by atoms with Crippen molar-refractivity contribution in [1.29, 1.82) is 0 Å². The van der Waals surface area contributed by atoms with Crippen molar-refractivity contribution in [2.45, 2.75) is 17.7 Å². The van der Waals surface area contributed by atoms with Gasteiger partial charge in [-0.25, -0.2) is 12.7 Å². The van der Waals surface area contributed by atoms with Gasteiger partial charge in [0.1, 0.15) is 5.75 Å². The van der Waals surface area contributed by atoms with Crippen molar-refractivity contribution in [2.24, 2.45) is 0 Å². The predicted octanol–water partition coefficient (Wildman–Crippen LogP) is 1.68. The smallest absolute Gasteiger partial charge is 0.481 e. The van der Waals surface area contributed by atoms with Crippen LogP contribution in [0.1, 0.15) is 6.42 Å². The number of sulfonamides is 1. The van der Waals surface area contributed by atoms with Crippen LogP contribution in [-0.2, 0) is 14.8 Å². The lowest BCUT2D eigenvalue weighted by molar-refractivity contribution is -0.274. The molecule has 0 bridgehead atoms. The number of hydrogen-bond acceptors (Lipinski definition) is 4. The molecule has 1 aromatic rings. The number of aliphatic carboxylic acids is 1. The number of rotatable bonds is 6. The molecule has 21 heavy (non-hydrogen) atoms. The first-order valence-corrected chi connectivity index (χ1v) is 7.00. The number of hydrogen-bond donors (Lipinski definition) is 1. The van der Waals surface area contributed by atoms with Crippen LogP contribution in [0.3, 0.4) is 0 Å². The van der Waals surface area contributed by atoms with E-state index in [9.17, 15) is 26.4 Å². The second-order valence-electron chi connectivity index (χ2n) is 3.99. The molecule has 118 valence electrons. The quantitative estimate of drug-likeness (QED) is 0.859. The Kier molecular flexibility index (Phi) is 5.18. The monoisotopic (exact) mass is 327 g/mol. The summed E-state index contributed by atoms with van der Waals surface area (Å²) < 4.78 is 64.8. The molecule has 0 aliphatic rings. The standard InChI is InChI=1S/C11H12F3NO5S/c1-15(6-5-10(16)17)21(18,19)9-4-2-3-8(7-9)20-11(12,13)14/h2-4,7H,5-6H2,1H3,(H,16,17). The zero-order valence-corrected chi connectivity index (χ0v) is 11.6. The number of carbonyl (C=O) groups is 1. The maximum Gasteiger partial charge on any atom is 0.573 e. The molecule has 0 unspecified atom stereocenters. The average molecular weight is 327 g/mol. The molecule has 0 fully saturated rings. The van der Waals surface area contributed by atoms with Crippen LogP contribution in [0.2, 0.25) is 0 Å². The van der Waals surface area contributed by atoms with Crippen LogP contribution in [0.15, 0.2) is 29.2 Å². The zero-order valence-electron chi connectivity index (χ0n) is 10.8. The van der Waals surface area contributed by atoms with Crippen LogP contribution in [0.5, 0.6) is 5.75 Å². The summed E-state index contributed by atoms with van der Waals surface area (Å²) in [6.07, 6.45) is -5.36. The number of carboxylic acid groups (broad SMARTS) is 1. The van der Waals surface area contributed by atoms with E-state index in [1.54, 1.807) is 0 Å². The summed E-state index contributed by atoms with van der Waals surface area (Å²) in [5, 5.41) is 8.50. The topological polar surface area (TPSA) is 83.9 Å². The van der Waals surface area contributed by atoms with Crippen molar-refractivity contribution in [3.63, 3.8) is 0 Å². The molecule has 0 saturated carbocycles. The Morgan fingerprint density at radius 2 is 2.00 bits per heavy atom. The van der Waals surface area contributed by atoms with Crippen LogP contribution < -0.4 is 4.74 Å². The molecule has 10 heteroatoms. The Morgan fingerprint density at radius 3 is 2.52 bits per heavy atom. The Bertz CT molecular complexity index is 615. The fraction of sp³-hybridized carbons (Fsp3) is 0.364. The molecule has 0 aliphatic heterocycles. The van der Waals surface area contributed by atoms with Gasteiger partial charge in [0.2, 0.25) is 10.0 Å². The van der Waals surface area contributed by atoms with Crippen LogP contribution in [0, 0.1) is 0 Å². The molecule has 6 nitrogen and oxygen atoms in total. The number of benzene rings is 1. The van der Waals surface area contributed by atoms with Gasteiger partial charge in [-0.3, -0.25) is 4.79 Å². The second-order valence-corrected chi connectivity index (χ2v) is 6.04. The lowest BCUT2D eigenvalue weighted by Crippen LogP contribution is -2.29. The maximum atomic E-state index is 12.1. The fourth-order valence-corrected chi connectivity index (χ4v) is 2.59. The van der Waals surface area contributed by atoms with Gasteiger partial charge in [-0.15, -0.1) is 13.2 Å². The van der Waals surface area contributed by atoms with Crippen molar-refractivity contribution in [3.05, 3.63) is 24.3 Å². The zero-order chi connectivity index (χ0) is 16.3. The molecule has 0 saturated heterocycles. The molecule has 0 amide bonds. The van der Waals surface area contributed by atoms with Crippen molar-refractivity contribution >= 4 is 16.0 Å². The highest BCUT2D eigenvalue weighted by molar-refractivity contribution is 7.89. The van der Waals surface area contributed by atoms with E-state index in [2.05, 4.69) is 4.74 Å². The summed E-state index contributed by atoms with van der Waals surface area (Å²) in [4.78, 5) is 9.99. The first-order chi connectivity index (χ1) is 9.52. The number of halogens is 3. The minimum atomic E-state index is -4.93. The Morgan fingerprint density at radius 1 is 1.38 bits per heavy atom. The van der Waals surface area contributed by atoms with Gasteiger partial charge in [-0.05, 0) is 12.1 Å². The third-order valence-electron chi connectivity index (χ3n) is 2.39. The summed E-state index contributed by atoms with van der Waals surface area (Å²) in [6, 6.07) is 3.87. The first kappa shape index (κ1) is 17.2. The normalized spacial score (nSPS) is 12.4. The third kappa shape index (κ3) is 5.23. The van der Waals surface area contributed by atoms with Gasteiger partial charge < -0.3 is 9.84 Å². The van der Waals surface area contributed by atoms with Gasteiger partial charge >= 0.3 is 12.3 Å². The van der Waals surface area contributed by atoms with Crippen LogP contribution >= 0.6 is 0 Å². The molecule has 0 aromatic heterocycles. The van der Waals surface area contributed by atoms with E-state index >= 15 is 0 Å². The molecule has 0 radical (unpaired) electrons. The summed E-state index contributed by atoms with van der Waals surface area (Å²) >= 11 is 0. The van der Waals surface area contributed by atoms with E-state index in [1.807, 2.05) is 0 Å². The molecule has 1 N–H and O–H groups in total. The van der Waals surface area contributed by atoms with Gasteiger partial charge in [0.25, 0.3) is 0 Å². The summed E-state index contributed by atoms with van der Waals surface area (Å²) in [6.45, 7) is -0.304. The van der Waals surface area contributed by atoms with E-state index in [0.29, 0.717) is 0 Å². The summed E-state index contributed by atoms with van der Waals surface area (Å²) in [7, 11) is -2.96. The fourth-order valence-electron chi connectivity index (χ4n) is 1.39. The maximum absolute atomic E-state index is 12.1. The van der Waals surface area contributed by atoms with Crippen molar-refractivity contribution < 1.29 is 36.2 Å². The highest BCUT2D eigenvalue weighted by atomic mass is 32.2. The van der Waals surface area contributed by atoms with Crippen LogP contribution in [0.4, 0.5) is 13.2 Å². The first-order valence-electron chi connectivity index (χ1n) is 5.56. The van der Waals surface area contributed by atoms with E-state index in [0.717, 1.165) is 35.6 Å². The lowest BCUT2D eigenvalue weighted by Gasteiger charge is -2.17.